The predicted molar refractivity (Wildman–Crippen MR) is 61.7 cm³/mol. The van der Waals surface area contributed by atoms with E-state index < -0.39 is 5.97 Å². The number of hydrogen-bond acceptors (Lipinski definition) is 3. The van der Waals surface area contributed by atoms with Crippen LogP contribution in [0.15, 0.2) is 24.3 Å². The Bertz CT molecular complexity index is 352. The Morgan fingerprint density at radius 1 is 1.50 bits per heavy atom. The SMILES string of the molecule is COc1ccccc1C(CN)CCC(=O)O. The first-order chi connectivity index (χ1) is 7.69. The van der Waals surface area contributed by atoms with Gasteiger partial charge < -0.3 is 15.6 Å². The molecule has 0 aliphatic carbocycles. The van der Waals surface area contributed by atoms with Gasteiger partial charge in [-0.1, -0.05) is 18.2 Å². The van der Waals surface area contributed by atoms with E-state index in [1.165, 1.54) is 0 Å². The summed E-state index contributed by atoms with van der Waals surface area (Å²) in [5.41, 5.74) is 6.65. The molecule has 88 valence electrons. The Morgan fingerprint density at radius 3 is 2.75 bits per heavy atom. The van der Waals surface area contributed by atoms with E-state index in [2.05, 4.69) is 0 Å². The molecule has 0 amide bonds. The molecule has 0 aliphatic rings. The van der Waals surface area contributed by atoms with Crippen LogP contribution in [-0.4, -0.2) is 24.7 Å². The van der Waals surface area contributed by atoms with Crippen molar-refractivity contribution in [3.63, 3.8) is 0 Å². The Balaban J connectivity index is 2.81. The lowest BCUT2D eigenvalue weighted by Crippen LogP contribution is -2.14. The highest BCUT2D eigenvalue weighted by atomic mass is 16.5. The van der Waals surface area contributed by atoms with Crippen LogP contribution in [0.3, 0.4) is 0 Å². The van der Waals surface area contributed by atoms with Crippen LogP contribution < -0.4 is 10.5 Å². The second-order valence-electron chi connectivity index (χ2n) is 3.61. The molecule has 1 unspecified atom stereocenters. The molecule has 0 saturated heterocycles. The van der Waals surface area contributed by atoms with E-state index in [4.69, 9.17) is 15.6 Å². The molecule has 0 fully saturated rings. The van der Waals surface area contributed by atoms with Gasteiger partial charge in [0.1, 0.15) is 5.75 Å². The number of rotatable bonds is 6. The fraction of sp³-hybridized carbons (Fsp3) is 0.417. The van der Waals surface area contributed by atoms with Gasteiger partial charge in [-0.25, -0.2) is 0 Å². The van der Waals surface area contributed by atoms with Crippen LogP contribution in [0.25, 0.3) is 0 Å². The van der Waals surface area contributed by atoms with E-state index >= 15 is 0 Å². The number of ether oxygens (including phenoxy) is 1. The van der Waals surface area contributed by atoms with Crippen molar-refractivity contribution >= 4 is 5.97 Å². The average molecular weight is 223 g/mol. The zero-order valence-electron chi connectivity index (χ0n) is 9.35. The average Bonchev–Trinajstić information content (AvgIpc) is 2.30. The Labute approximate surface area is 95.0 Å². The predicted octanol–water partition coefficient (Wildman–Crippen LogP) is 1.60. The van der Waals surface area contributed by atoms with Crippen molar-refractivity contribution < 1.29 is 14.6 Å². The monoisotopic (exact) mass is 223 g/mol. The minimum atomic E-state index is -0.798. The van der Waals surface area contributed by atoms with Gasteiger partial charge in [0.05, 0.1) is 7.11 Å². The number of methoxy groups -OCH3 is 1. The molecule has 3 N–H and O–H groups in total. The Morgan fingerprint density at radius 2 is 2.19 bits per heavy atom. The van der Waals surface area contributed by atoms with E-state index in [1.807, 2.05) is 24.3 Å². The molecule has 0 aromatic heterocycles. The first-order valence-electron chi connectivity index (χ1n) is 5.23. The second kappa shape index (κ2) is 6.12. The summed E-state index contributed by atoms with van der Waals surface area (Å²) in [5, 5.41) is 8.66. The first kappa shape index (κ1) is 12.5. The number of hydrogen-bond donors (Lipinski definition) is 2. The van der Waals surface area contributed by atoms with Crippen LogP contribution in [-0.2, 0) is 4.79 Å². The van der Waals surface area contributed by atoms with Crippen LogP contribution in [0, 0.1) is 0 Å². The number of nitrogens with two attached hydrogens (primary N) is 1. The van der Waals surface area contributed by atoms with Gasteiger partial charge >= 0.3 is 5.97 Å². The van der Waals surface area contributed by atoms with Gasteiger partial charge in [-0.05, 0) is 24.6 Å². The van der Waals surface area contributed by atoms with Gasteiger partial charge in [-0.2, -0.15) is 0 Å². The fourth-order valence-corrected chi connectivity index (χ4v) is 1.70. The number of benzene rings is 1. The maximum Gasteiger partial charge on any atom is 0.303 e. The topological polar surface area (TPSA) is 72.5 Å². The summed E-state index contributed by atoms with van der Waals surface area (Å²) in [7, 11) is 1.60. The smallest absolute Gasteiger partial charge is 0.303 e. The molecular formula is C12H17NO3. The molecule has 0 heterocycles. The third-order valence-corrected chi connectivity index (χ3v) is 2.57. The normalized spacial score (nSPS) is 12.1. The summed E-state index contributed by atoms with van der Waals surface area (Å²) in [4.78, 5) is 10.5. The summed E-state index contributed by atoms with van der Waals surface area (Å²) in [6.07, 6.45) is 0.659. The van der Waals surface area contributed by atoms with Crippen molar-refractivity contribution in [3.8, 4) is 5.75 Å². The summed E-state index contributed by atoms with van der Waals surface area (Å²) in [5.74, 6) is 0.00365. The quantitative estimate of drug-likeness (QED) is 0.768. The molecule has 4 nitrogen and oxygen atoms in total. The number of carbonyl (C=O) groups is 1. The number of carboxylic acids is 1. The van der Waals surface area contributed by atoms with Crippen molar-refractivity contribution in [1.82, 2.24) is 0 Å². The van der Waals surface area contributed by atoms with Gasteiger partial charge in [0.15, 0.2) is 0 Å². The fourth-order valence-electron chi connectivity index (χ4n) is 1.70. The summed E-state index contributed by atoms with van der Waals surface area (Å²) >= 11 is 0. The van der Waals surface area contributed by atoms with Gasteiger partial charge in [0.25, 0.3) is 0 Å². The summed E-state index contributed by atoms with van der Waals surface area (Å²) < 4.78 is 5.23. The Hall–Kier alpha value is -1.55. The van der Waals surface area contributed by atoms with E-state index in [0.29, 0.717) is 13.0 Å². The third-order valence-electron chi connectivity index (χ3n) is 2.57. The van der Waals surface area contributed by atoms with Crippen LogP contribution in [0.5, 0.6) is 5.75 Å². The molecule has 1 aromatic rings. The lowest BCUT2D eigenvalue weighted by atomic mass is 9.93. The van der Waals surface area contributed by atoms with Crippen LogP contribution in [0.2, 0.25) is 0 Å². The molecule has 16 heavy (non-hydrogen) atoms. The summed E-state index contributed by atoms with van der Waals surface area (Å²) in [6, 6.07) is 7.57. The zero-order chi connectivity index (χ0) is 12.0. The molecule has 0 radical (unpaired) electrons. The van der Waals surface area contributed by atoms with E-state index in [0.717, 1.165) is 11.3 Å². The molecule has 0 aliphatic heterocycles. The molecule has 1 rings (SSSR count). The van der Waals surface area contributed by atoms with Crippen molar-refractivity contribution in [2.45, 2.75) is 18.8 Å². The van der Waals surface area contributed by atoms with Crippen LogP contribution in [0.1, 0.15) is 24.3 Å². The maximum absolute atomic E-state index is 10.5. The molecule has 1 atom stereocenters. The molecular weight excluding hydrogens is 206 g/mol. The molecule has 4 heteroatoms. The van der Waals surface area contributed by atoms with Crippen molar-refractivity contribution in [2.75, 3.05) is 13.7 Å². The molecule has 0 spiro atoms. The highest BCUT2D eigenvalue weighted by Gasteiger charge is 2.15. The van der Waals surface area contributed by atoms with Gasteiger partial charge in [0.2, 0.25) is 0 Å². The Kier molecular flexibility index (Phi) is 4.79. The maximum atomic E-state index is 10.5. The van der Waals surface area contributed by atoms with E-state index in [-0.39, 0.29) is 12.3 Å². The molecule has 0 saturated carbocycles. The van der Waals surface area contributed by atoms with Crippen molar-refractivity contribution in [1.29, 1.82) is 0 Å². The lowest BCUT2D eigenvalue weighted by molar-refractivity contribution is -0.137. The first-order valence-corrected chi connectivity index (χ1v) is 5.23. The van der Waals surface area contributed by atoms with Crippen LogP contribution >= 0.6 is 0 Å². The highest BCUT2D eigenvalue weighted by Crippen LogP contribution is 2.28. The van der Waals surface area contributed by atoms with E-state index in [1.54, 1.807) is 7.11 Å². The van der Waals surface area contributed by atoms with E-state index in [9.17, 15) is 4.79 Å². The molecule has 0 bridgehead atoms. The number of para-hydroxylation sites is 1. The lowest BCUT2D eigenvalue weighted by Gasteiger charge is -2.17. The standard InChI is InChI=1S/C12H17NO3/c1-16-11-5-3-2-4-10(11)9(8-13)6-7-12(14)15/h2-5,9H,6-8,13H2,1H3,(H,14,15). The highest BCUT2D eigenvalue weighted by molar-refractivity contribution is 5.66. The summed E-state index contributed by atoms with van der Waals surface area (Å²) in [6.45, 7) is 0.424. The number of aliphatic carboxylic acids is 1. The van der Waals surface area contributed by atoms with Crippen molar-refractivity contribution in [2.24, 2.45) is 5.73 Å². The third kappa shape index (κ3) is 3.24. The second-order valence-corrected chi connectivity index (χ2v) is 3.61. The van der Waals surface area contributed by atoms with Crippen LogP contribution in [0.4, 0.5) is 0 Å². The molecule has 1 aromatic carbocycles. The zero-order valence-corrected chi connectivity index (χ0v) is 9.35. The minimum absolute atomic E-state index is 0.0345. The van der Waals surface area contributed by atoms with Crippen molar-refractivity contribution in [3.05, 3.63) is 29.8 Å². The largest absolute Gasteiger partial charge is 0.496 e. The minimum Gasteiger partial charge on any atom is -0.496 e. The van der Waals surface area contributed by atoms with Gasteiger partial charge in [-0.15, -0.1) is 0 Å². The van der Waals surface area contributed by atoms with Gasteiger partial charge in [0, 0.05) is 12.3 Å². The van der Waals surface area contributed by atoms with Gasteiger partial charge in [-0.3, -0.25) is 4.79 Å². The number of carboxylic acid groups (broad SMARTS) is 1.